The van der Waals surface area contributed by atoms with E-state index in [1.807, 2.05) is 0 Å². The summed E-state index contributed by atoms with van der Waals surface area (Å²) < 4.78 is 0. The van der Waals surface area contributed by atoms with Crippen LogP contribution in [0.4, 0.5) is 0 Å². The second kappa shape index (κ2) is 4.45. The molecule has 1 heteroatoms. The molecule has 0 saturated heterocycles. The molecule has 0 fully saturated rings. The normalized spacial score (nSPS) is 19.4. The summed E-state index contributed by atoms with van der Waals surface area (Å²) in [6.45, 7) is 10.4. The zero-order valence-electron chi connectivity index (χ0n) is 11.9. The third kappa shape index (κ3) is 2.40. The van der Waals surface area contributed by atoms with Crippen LogP contribution in [0.1, 0.15) is 44.4 Å². The summed E-state index contributed by atoms with van der Waals surface area (Å²) in [7, 11) is 2.23. The molecule has 1 aromatic carbocycles. The number of hydrogen-bond donors (Lipinski definition) is 0. The smallest absolute Gasteiger partial charge is 0.0404 e. The molecule has 0 amide bonds. The van der Waals surface area contributed by atoms with Crippen molar-refractivity contribution in [1.29, 1.82) is 0 Å². The van der Waals surface area contributed by atoms with Crippen LogP contribution in [0.2, 0.25) is 0 Å². The SMILES string of the molecule is CC(C)Cc1ccc2c(c1)C(C)(C)N(C)CC2. The van der Waals surface area contributed by atoms with Gasteiger partial charge in [0.25, 0.3) is 0 Å². The molecule has 17 heavy (non-hydrogen) atoms. The van der Waals surface area contributed by atoms with Crippen molar-refractivity contribution < 1.29 is 0 Å². The number of fused-ring (bicyclic) bond motifs is 1. The highest BCUT2D eigenvalue weighted by Gasteiger charge is 2.31. The van der Waals surface area contributed by atoms with Crippen LogP contribution in [-0.4, -0.2) is 18.5 Å². The summed E-state index contributed by atoms with van der Waals surface area (Å²) in [5, 5.41) is 0. The molecule has 1 aromatic rings. The van der Waals surface area contributed by atoms with E-state index in [-0.39, 0.29) is 5.54 Å². The molecule has 0 atom stereocenters. The quantitative estimate of drug-likeness (QED) is 0.751. The van der Waals surface area contributed by atoms with Crippen LogP contribution in [0.15, 0.2) is 18.2 Å². The van der Waals surface area contributed by atoms with E-state index in [0.717, 1.165) is 5.92 Å². The van der Waals surface area contributed by atoms with E-state index in [0.29, 0.717) is 0 Å². The molecule has 94 valence electrons. The van der Waals surface area contributed by atoms with E-state index in [1.54, 1.807) is 5.56 Å². The molecule has 0 radical (unpaired) electrons. The Labute approximate surface area is 106 Å². The van der Waals surface area contributed by atoms with Gasteiger partial charge >= 0.3 is 0 Å². The Kier molecular flexibility index (Phi) is 3.31. The van der Waals surface area contributed by atoms with Gasteiger partial charge in [0.2, 0.25) is 0 Å². The predicted molar refractivity (Wildman–Crippen MR) is 74.3 cm³/mol. The third-order valence-electron chi connectivity index (χ3n) is 4.15. The van der Waals surface area contributed by atoms with Gasteiger partial charge in [-0.2, -0.15) is 0 Å². The maximum absolute atomic E-state index is 2.47. The first-order valence-electron chi connectivity index (χ1n) is 6.75. The Hall–Kier alpha value is -0.820. The largest absolute Gasteiger partial charge is 0.297 e. The fourth-order valence-corrected chi connectivity index (χ4v) is 2.78. The lowest BCUT2D eigenvalue weighted by Crippen LogP contribution is -2.44. The Morgan fingerprint density at radius 2 is 2.00 bits per heavy atom. The molecule has 0 spiro atoms. The highest BCUT2D eigenvalue weighted by Crippen LogP contribution is 2.34. The summed E-state index contributed by atoms with van der Waals surface area (Å²) in [5.41, 5.74) is 4.74. The van der Waals surface area contributed by atoms with Crippen LogP contribution >= 0.6 is 0 Å². The van der Waals surface area contributed by atoms with Crippen molar-refractivity contribution in [1.82, 2.24) is 4.90 Å². The van der Waals surface area contributed by atoms with Crippen molar-refractivity contribution in [3.05, 3.63) is 34.9 Å². The molecule has 0 N–H and O–H groups in total. The number of hydrogen-bond acceptors (Lipinski definition) is 1. The van der Waals surface area contributed by atoms with Gasteiger partial charge in [0.1, 0.15) is 0 Å². The summed E-state index contributed by atoms with van der Waals surface area (Å²) in [4.78, 5) is 2.47. The lowest BCUT2D eigenvalue weighted by Gasteiger charge is -2.42. The van der Waals surface area contributed by atoms with Crippen LogP contribution in [0.3, 0.4) is 0 Å². The standard InChI is InChI=1S/C16H25N/c1-12(2)10-13-6-7-14-8-9-17(5)16(3,4)15(14)11-13/h6-7,11-12H,8-10H2,1-5H3. The minimum Gasteiger partial charge on any atom is -0.297 e. The van der Waals surface area contributed by atoms with Crippen molar-refractivity contribution in [3.63, 3.8) is 0 Å². The van der Waals surface area contributed by atoms with Crippen molar-refractivity contribution in [2.45, 2.75) is 46.1 Å². The van der Waals surface area contributed by atoms with Gasteiger partial charge in [-0.05, 0) is 56.3 Å². The monoisotopic (exact) mass is 231 g/mol. The number of benzene rings is 1. The van der Waals surface area contributed by atoms with E-state index in [9.17, 15) is 0 Å². The van der Waals surface area contributed by atoms with E-state index in [2.05, 4.69) is 57.8 Å². The van der Waals surface area contributed by atoms with E-state index < -0.39 is 0 Å². The van der Waals surface area contributed by atoms with Crippen LogP contribution < -0.4 is 0 Å². The van der Waals surface area contributed by atoms with Gasteiger partial charge in [0.15, 0.2) is 0 Å². The lowest BCUT2D eigenvalue weighted by molar-refractivity contribution is 0.143. The van der Waals surface area contributed by atoms with Crippen molar-refractivity contribution in [2.75, 3.05) is 13.6 Å². The van der Waals surface area contributed by atoms with Crippen LogP contribution in [0.25, 0.3) is 0 Å². The first-order valence-corrected chi connectivity index (χ1v) is 6.75. The van der Waals surface area contributed by atoms with E-state index in [1.165, 1.54) is 30.5 Å². The minimum atomic E-state index is 0.181. The first kappa shape index (κ1) is 12.6. The average molecular weight is 231 g/mol. The molecule has 0 bridgehead atoms. The summed E-state index contributed by atoms with van der Waals surface area (Å²) >= 11 is 0. The molecule has 1 aliphatic heterocycles. The second-order valence-electron chi connectivity index (χ2n) is 6.32. The zero-order valence-corrected chi connectivity index (χ0v) is 11.9. The third-order valence-corrected chi connectivity index (χ3v) is 4.15. The molecule has 1 heterocycles. The number of nitrogens with zero attached hydrogens (tertiary/aromatic N) is 1. The van der Waals surface area contributed by atoms with Gasteiger partial charge in [-0.25, -0.2) is 0 Å². The lowest BCUT2D eigenvalue weighted by atomic mass is 9.82. The molecule has 2 rings (SSSR count). The van der Waals surface area contributed by atoms with Gasteiger partial charge in [0, 0.05) is 12.1 Å². The van der Waals surface area contributed by atoms with Crippen LogP contribution in [-0.2, 0) is 18.4 Å². The molecule has 1 nitrogen and oxygen atoms in total. The van der Waals surface area contributed by atoms with Crippen LogP contribution in [0, 0.1) is 5.92 Å². The van der Waals surface area contributed by atoms with E-state index >= 15 is 0 Å². The topological polar surface area (TPSA) is 3.24 Å². The van der Waals surface area contributed by atoms with Gasteiger partial charge in [-0.1, -0.05) is 32.0 Å². The highest BCUT2D eigenvalue weighted by atomic mass is 15.2. The summed E-state index contributed by atoms with van der Waals surface area (Å²) in [6.07, 6.45) is 2.38. The highest BCUT2D eigenvalue weighted by molar-refractivity contribution is 5.39. The zero-order chi connectivity index (χ0) is 12.6. The second-order valence-corrected chi connectivity index (χ2v) is 6.32. The van der Waals surface area contributed by atoms with Crippen LogP contribution in [0.5, 0.6) is 0 Å². The number of likely N-dealkylation sites (N-methyl/N-ethyl adjacent to an activating group) is 1. The fraction of sp³-hybridized carbons (Fsp3) is 0.625. The fourth-order valence-electron chi connectivity index (χ4n) is 2.78. The van der Waals surface area contributed by atoms with Gasteiger partial charge in [-0.15, -0.1) is 0 Å². The van der Waals surface area contributed by atoms with Gasteiger partial charge < -0.3 is 0 Å². The first-order chi connectivity index (χ1) is 7.91. The van der Waals surface area contributed by atoms with Crippen molar-refractivity contribution in [3.8, 4) is 0 Å². The summed E-state index contributed by atoms with van der Waals surface area (Å²) in [5.74, 6) is 0.734. The van der Waals surface area contributed by atoms with Gasteiger partial charge in [-0.3, -0.25) is 4.90 Å². The molecule has 0 aliphatic carbocycles. The Balaban J connectivity index is 2.39. The number of rotatable bonds is 2. The van der Waals surface area contributed by atoms with Crippen molar-refractivity contribution >= 4 is 0 Å². The maximum atomic E-state index is 2.47. The molecular weight excluding hydrogens is 206 g/mol. The van der Waals surface area contributed by atoms with Crippen molar-refractivity contribution in [2.24, 2.45) is 5.92 Å². The molecular formula is C16H25N. The van der Waals surface area contributed by atoms with E-state index in [4.69, 9.17) is 0 Å². The molecule has 1 aliphatic rings. The Morgan fingerprint density at radius 1 is 1.29 bits per heavy atom. The predicted octanol–water partition coefficient (Wildman–Crippen LogP) is 3.61. The van der Waals surface area contributed by atoms with Gasteiger partial charge in [0.05, 0.1) is 0 Å². The maximum Gasteiger partial charge on any atom is 0.0404 e. The minimum absolute atomic E-state index is 0.181. The summed E-state index contributed by atoms with van der Waals surface area (Å²) in [6, 6.07) is 7.10. The Bertz CT molecular complexity index is 404. The average Bonchev–Trinajstić information content (AvgIpc) is 2.24. The molecule has 0 saturated carbocycles. The molecule has 0 unspecified atom stereocenters. The molecule has 0 aromatic heterocycles. The Morgan fingerprint density at radius 3 is 2.65 bits per heavy atom.